The van der Waals surface area contributed by atoms with Crippen LogP contribution >= 0.6 is 0 Å². The van der Waals surface area contributed by atoms with Crippen LogP contribution < -0.4 is 18.9 Å². The lowest BCUT2D eigenvalue weighted by Gasteiger charge is -2.30. The molecule has 4 rings (SSSR count). The fraction of sp³-hybridized carbons (Fsp3) is 0.600. The topological polar surface area (TPSA) is 101 Å². The van der Waals surface area contributed by atoms with Gasteiger partial charge >= 0.3 is 5.97 Å². The highest BCUT2D eigenvalue weighted by Gasteiger charge is 2.47. The molecule has 0 aliphatic carbocycles. The monoisotopic (exact) mass is 625 g/mol. The molecule has 1 unspecified atom stereocenters. The summed E-state index contributed by atoms with van der Waals surface area (Å²) in [5.74, 6) is 0.596. The van der Waals surface area contributed by atoms with Crippen molar-refractivity contribution in [2.75, 3.05) is 67.8 Å². The highest BCUT2D eigenvalue weighted by molar-refractivity contribution is 5.79. The Hall–Kier alpha value is -3.50. The second kappa shape index (κ2) is 16.7. The highest BCUT2D eigenvalue weighted by Crippen LogP contribution is 2.47. The number of aryl methyl sites for hydroxylation is 1. The molecule has 45 heavy (non-hydrogen) atoms. The second-order valence-corrected chi connectivity index (χ2v) is 12.4. The zero-order valence-electron chi connectivity index (χ0n) is 27.6. The van der Waals surface area contributed by atoms with E-state index in [1.54, 1.807) is 14.2 Å². The minimum Gasteiger partial charge on any atom is -0.496 e. The maximum Gasteiger partial charge on any atom is 0.308 e. The first-order chi connectivity index (χ1) is 21.8. The Balaban J connectivity index is 1.58. The summed E-state index contributed by atoms with van der Waals surface area (Å²) in [5.41, 5.74) is 1.91. The first kappa shape index (κ1) is 34.4. The number of unbranched alkanes of at least 4 members (excludes halogenated alkanes) is 2. The molecule has 0 spiro atoms. The van der Waals surface area contributed by atoms with E-state index < -0.39 is 11.9 Å². The van der Waals surface area contributed by atoms with Crippen LogP contribution in [0, 0.1) is 5.92 Å². The number of methoxy groups -OCH3 is 2. The van der Waals surface area contributed by atoms with Gasteiger partial charge in [-0.25, -0.2) is 0 Å². The lowest BCUT2D eigenvalue weighted by atomic mass is 9.83. The molecule has 2 aromatic carbocycles. The molecule has 0 radical (unpaired) electrons. The first-order valence-electron chi connectivity index (χ1n) is 16.3. The Bertz CT molecular complexity index is 1270. The number of nitrogens with zero attached hydrogens (tertiary/aromatic N) is 3. The predicted octanol–water partition coefficient (Wildman–Crippen LogP) is 4.89. The van der Waals surface area contributed by atoms with E-state index >= 15 is 0 Å². The van der Waals surface area contributed by atoms with Crippen molar-refractivity contribution in [1.29, 1.82) is 0 Å². The molecule has 1 amide bonds. The van der Waals surface area contributed by atoms with E-state index in [-0.39, 0.29) is 31.2 Å². The predicted molar refractivity (Wildman–Crippen MR) is 174 cm³/mol. The number of benzene rings is 2. The Morgan fingerprint density at radius 2 is 1.71 bits per heavy atom. The van der Waals surface area contributed by atoms with E-state index in [9.17, 15) is 14.7 Å². The van der Waals surface area contributed by atoms with Crippen LogP contribution in [0.25, 0.3) is 0 Å². The number of hydrogen-bond acceptors (Lipinski definition) is 8. The van der Waals surface area contributed by atoms with Gasteiger partial charge in [-0.2, -0.15) is 0 Å². The number of carbonyl (C=O) groups is 2. The van der Waals surface area contributed by atoms with Crippen molar-refractivity contribution in [3.63, 3.8) is 0 Å². The van der Waals surface area contributed by atoms with Crippen LogP contribution in [-0.2, 0) is 16.0 Å². The van der Waals surface area contributed by atoms with E-state index in [1.165, 1.54) is 0 Å². The number of fused-ring (bicyclic) bond motifs is 1. The molecule has 248 valence electrons. The Kier molecular flexibility index (Phi) is 12.8. The summed E-state index contributed by atoms with van der Waals surface area (Å²) in [5, 5.41) is 10.7. The number of hydrogen-bond donors (Lipinski definition) is 1. The minimum atomic E-state index is -0.861. The number of likely N-dealkylation sites (tertiary alicyclic amines) is 1. The van der Waals surface area contributed by atoms with Crippen molar-refractivity contribution in [3.05, 3.63) is 47.5 Å². The fourth-order valence-electron chi connectivity index (χ4n) is 6.68. The van der Waals surface area contributed by atoms with Crippen molar-refractivity contribution in [3.8, 4) is 23.0 Å². The largest absolute Gasteiger partial charge is 0.496 e. The van der Waals surface area contributed by atoms with Crippen LogP contribution in [0.1, 0.15) is 62.5 Å². The molecule has 0 aromatic heterocycles. The lowest BCUT2D eigenvalue weighted by molar-refractivity contribution is -0.143. The number of rotatable bonds is 18. The van der Waals surface area contributed by atoms with Crippen molar-refractivity contribution >= 4 is 11.9 Å². The molecule has 1 N–H and O–H groups in total. The van der Waals surface area contributed by atoms with Gasteiger partial charge < -0.3 is 33.9 Å². The van der Waals surface area contributed by atoms with Crippen molar-refractivity contribution in [1.82, 2.24) is 14.7 Å². The number of para-hydroxylation sites is 1. The molecule has 10 nitrogen and oxygen atoms in total. The number of carboxylic acid groups (broad SMARTS) is 1. The third-order valence-electron chi connectivity index (χ3n) is 9.04. The summed E-state index contributed by atoms with van der Waals surface area (Å²) in [6.07, 6.45) is 6.07. The van der Waals surface area contributed by atoms with Crippen molar-refractivity contribution < 1.29 is 33.6 Å². The van der Waals surface area contributed by atoms with Crippen LogP contribution in [0.15, 0.2) is 36.4 Å². The standard InChI is InChI=1S/C35H51N3O7/c1-6-7-18-37(19-11-10-17-36(2)3)32(39)23-38-22-27(26-20-30(43-5)34-31(21-26)44-24-45-34)33(35(40)41)28(38)15-12-14-25-13-8-9-16-29(25)42-4/h8-9,13,16,20-21,27-28,33H,6-7,10-12,14-15,17-19,22-24H2,1-5H3,(H,40,41)/t27-,28+,33?/m1/s1. The Labute approximate surface area is 268 Å². The molecule has 0 bridgehead atoms. The molecule has 0 saturated carbocycles. The fourth-order valence-corrected chi connectivity index (χ4v) is 6.68. The van der Waals surface area contributed by atoms with Gasteiger partial charge in [-0.15, -0.1) is 0 Å². The molecule has 2 aromatic rings. The van der Waals surface area contributed by atoms with Crippen LogP contribution in [0.5, 0.6) is 23.0 Å². The van der Waals surface area contributed by atoms with E-state index in [2.05, 4.69) is 30.8 Å². The molecular formula is C35H51N3O7. The van der Waals surface area contributed by atoms with Gasteiger partial charge in [0.1, 0.15) is 5.75 Å². The van der Waals surface area contributed by atoms with Crippen molar-refractivity contribution in [2.45, 2.75) is 63.8 Å². The molecule has 3 atom stereocenters. The van der Waals surface area contributed by atoms with Gasteiger partial charge in [-0.3, -0.25) is 14.5 Å². The maximum absolute atomic E-state index is 13.9. The van der Waals surface area contributed by atoms with Gasteiger partial charge in [-0.1, -0.05) is 31.5 Å². The normalized spacial score (nSPS) is 19.2. The Morgan fingerprint density at radius 1 is 0.978 bits per heavy atom. The summed E-state index contributed by atoms with van der Waals surface area (Å²) in [4.78, 5) is 33.2. The van der Waals surface area contributed by atoms with E-state index in [4.69, 9.17) is 18.9 Å². The van der Waals surface area contributed by atoms with E-state index in [1.807, 2.05) is 41.3 Å². The van der Waals surface area contributed by atoms with Gasteiger partial charge in [0.15, 0.2) is 11.5 Å². The quantitative estimate of drug-likeness (QED) is 0.232. The third-order valence-corrected chi connectivity index (χ3v) is 9.04. The first-order valence-corrected chi connectivity index (χ1v) is 16.3. The van der Waals surface area contributed by atoms with Gasteiger partial charge in [0.2, 0.25) is 18.4 Å². The third kappa shape index (κ3) is 8.82. The average molecular weight is 626 g/mol. The van der Waals surface area contributed by atoms with Crippen molar-refractivity contribution in [2.24, 2.45) is 5.92 Å². The number of ether oxygens (including phenoxy) is 4. The molecule has 10 heteroatoms. The molecule has 1 fully saturated rings. The van der Waals surface area contributed by atoms with Gasteiger partial charge in [-0.05, 0) is 88.5 Å². The molecule has 1 saturated heterocycles. The summed E-state index contributed by atoms with van der Waals surface area (Å²) >= 11 is 0. The van der Waals surface area contributed by atoms with Crippen LogP contribution in [-0.4, -0.2) is 106 Å². The van der Waals surface area contributed by atoms with E-state index in [0.717, 1.165) is 68.5 Å². The van der Waals surface area contributed by atoms with Crippen LogP contribution in [0.3, 0.4) is 0 Å². The molecule has 2 aliphatic heterocycles. The second-order valence-electron chi connectivity index (χ2n) is 12.4. The van der Waals surface area contributed by atoms with Crippen LogP contribution in [0.2, 0.25) is 0 Å². The van der Waals surface area contributed by atoms with Gasteiger partial charge in [0.25, 0.3) is 0 Å². The maximum atomic E-state index is 13.9. The minimum absolute atomic E-state index is 0.0658. The number of carboxylic acids is 1. The smallest absolute Gasteiger partial charge is 0.308 e. The molecule has 2 aliphatic rings. The molecular weight excluding hydrogens is 574 g/mol. The van der Waals surface area contributed by atoms with Gasteiger partial charge in [0, 0.05) is 31.6 Å². The summed E-state index contributed by atoms with van der Waals surface area (Å²) in [6.45, 7) is 5.28. The highest BCUT2D eigenvalue weighted by atomic mass is 16.7. The Morgan fingerprint density at radius 3 is 2.42 bits per heavy atom. The summed E-state index contributed by atoms with van der Waals surface area (Å²) in [7, 11) is 7.36. The average Bonchev–Trinajstić information content (AvgIpc) is 3.65. The van der Waals surface area contributed by atoms with Gasteiger partial charge in [0.05, 0.1) is 26.7 Å². The number of amides is 1. The summed E-state index contributed by atoms with van der Waals surface area (Å²) in [6, 6.07) is 11.4. The van der Waals surface area contributed by atoms with E-state index in [0.29, 0.717) is 36.8 Å². The number of carbonyl (C=O) groups excluding carboxylic acids is 1. The summed E-state index contributed by atoms with van der Waals surface area (Å²) < 4.78 is 22.4. The zero-order valence-corrected chi connectivity index (χ0v) is 27.6. The zero-order chi connectivity index (χ0) is 32.3. The van der Waals surface area contributed by atoms with Crippen LogP contribution in [0.4, 0.5) is 0 Å². The SMILES string of the molecule is CCCCN(CCCCN(C)C)C(=O)CN1C[C@H](c2cc(OC)c3c(c2)OCO3)C(C(=O)O)[C@@H]1CCCc1ccccc1OC. The number of aliphatic carboxylic acids is 1. The lowest BCUT2D eigenvalue weighted by Crippen LogP contribution is -2.44. The molecule has 2 heterocycles.